The van der Waals surface area contributed by atoms with Crippen molar-refractivity contribution in [3.8, 4) is 0 Å². The summed E-state index contributed by atoms with van der Waals surface area (Å²) in [6.45, 7) is 9.15. The van der Waals surface area contributed by atoms with Crippen molar-refractivity contribution < 1.29 is 4.39 Å². The molecule has 0 heterocycles. The summed E-state index contributed by atoms with van der Waals surface area (Å²) in [5, 5.41) is 3.18. The first-order valence-electron chi connectivity index (χ1n) is 5.97. The van der Waals surface area contributed by atoms with E-state index in [-0.39, 0.29) is 6.67 Å². The van der Waals surface area contributed by atoms with Crippen LogP contribution < -0.4 is 5.32 Å². The Kier molecular flexibility index (Phi) is 7.67. The second-order valence-electron chi connectivity index (χ2n) is 4.64. The highest BCUT2D eigenvalue weighted by atomic mass is 19.1. The monoisotopic (exact) mass is 215 g/mol. The van der Waals surface area contributed by atoms with Crippen molar-refractivity contribution >= 4 is 0 Å². The molecule has 0 aromatic heterocycles. The van der Waals surface area contributed by atoms with Crippen molar-refractivity contribution in [3.63, 3.8) is 0 Å². The van der Waals surface area contributed by atoms with Crippen molar-refractivity contribution in [3.05, 3.63) is 11.6 Å². The minimum Gasteiger partial charge on any atom is -0.319 e. The molecular weight excluding hydrogens is 189 g/mol. The van der Waals surface area contributed by atoms with Gasteiger partial charge in [-0.1, -0.05) is 40.2 Å². The molecule has 0 spiro atoms. The number of allylic oxidation sites excluding steroid dienone is 1. The minimum absolute atomic E-state index is 0.311. The molecule has 90 valence electrons. The highest BCUT2D eigenvalue weighted by Gasteiger charge is 2.14. The van der Waals surface area contributed by atoms with Crippen molar-refractivity contribution in [2.24, 2.45) is 17.8 Å². The van der Waals surface area contributed by atoms with E-state index in [0.717, 1.165) is 18.5 Å². The molecule has 1 N–H and O–H groups in total. The second kappa shape index (κ2) is 7.86. The third kappa shape index (κ3) is 5.31. The summed E-state index contributed by atoms with van der Waals surface area (Å²) in [4.78, 5) is 0. The summed E-state index contributed by atoms with van der Waals surface area (Å²) < 4.78 is 12.8. The molecule has 0 radical (unpaired) electrons. The van der Waals surface area contributed by atoms with Gasteiger partial charge < -0.3 is 5.32 Å². The Bertz CT molecular complexity index is 187. The molecular formula is C13H26FN. The van der Waals surface area contributed by atoms with Crippen molar-refractivity contribution in [1.82, 2.24) is 5.32 Å². The fourth-order valence-electron chi connectivity index (χ4n) is 1.63. The Morgan fingerprint density at radius 2 is 1.93 bits per heavy atom. The SMILES string of the molecule is CCC(C)C(/C=C(\CF)C(C)C)CNC. The van der Waals surface area contributed by atoms with Gasteiger partial charge in [-0.25, -0.2) is 4.39 Å². The predicted molar refractivity (Wildman–Crippen MR) is 65.8 cm³/mol. The van der Waals surface area contributed by atoms with Crippen LogP contribution in [-0.2, 0) is 0 Å². The topological polar surface area (TPSA) is 12.0 Å². The largest absolute Gasteiger partial charge is 0.319 e. The number of nitrogens with one attached hydrogen (secondary N) is 1. The lowest BCUT2D eigenvalue weighted by Gasteiger charge is -2.21. The molecule has 0 amide bonds. The third-order valence-corrected chi connectivity index (χ3v) is 3.14. The summed E-state index contributed by atoms with van der Waals surface area (Å²) in [5.74, 6) is 1.38. The molecule has 0 aliphatic rings. The lowest BCUT2D eigenvalue weighted by molar-refractivity contribution is 0.395. The van der Waals surface area contributed by atoms with Crippen molar-refractivity contribution in [1.29, 1.82) is 0 Å². The van der Waals surface area contributed by atoms with Gasteiger partial charge in [-0.2, -0.15) is 0 Å². The van der Waals surface area contributed by atoms with Crippen LogP contribution in [0.15, 0.2) is 11.6 Å². The van der Waals surface area contributed by atoms with Crippen LogP contribution in [0.3, 0.4) is 0 Å². The number of rotatable bonds is 7. The third-order valence-electron chi connectivity index (χ3n) is 3.14. The fraction of sp³-hybridized carbons (Fsp3) is 0.846. The number of halogens is 1. The zero-order chi connectivity index (χ0) is 11.8. The zero-order valence-electron chi connectivity index (χ0n) is 10.8. The van der Waals surface area contributed by atoms with Crippen molar-refractivity contribution in [2.75, 3.05) is 20.3 Å². The first kappa shape index (κ1) is 14.6. The van der Waals surface area contributed by atoms with Crippen LogP contribution in [0.25, 0.3) is 0 Å². The van der Waals surface area contributed by atoms with Gasteiger partial charge in [0.05, 0.1) is 0 Å². The maximum atomic E-state index is 12.8. The molecule has 2 atom stereocenters. The molecule has 0 aromatic carbocycles. The molecule has 0 saturated heterocycles. The van der Waals surface area contributed by atoms with Gasteiger partial charge in [0, 0.05) is 6.54 Å². The van der Waals surface area contributed by atoms with E-state index >= 15 is 0 Å². The van der Waals surface area contributed by atoms with Gasteiger partial charge >= 0.3 is 0 Å². The number of hydrogen-bond donors (Lipinski definition) is 1. The predicted octanol–water partition coefficient (Wildman–Crippen LogP) is 3.42. The molecule has 0 aliphatic carbocycles. The molecule has 15 heavy (non-hydrogen) atoms. The van der Waals surface area contributed by atoms with Crippen LogP contribution in [0, 0.1) is 17.8 Å². The quantitative estimate of drug-likeness (QED) is 0.642. The molecule has 0 aromatic rings. The maximum absolute atomic E-state index is 12.8. The summed E-state index contributed by atoms with van der Waals surface area (Å²) in [7, 11) is 1.95. The van der Waals surface area contributed by atoms with Gasteiger partial charge in [-0.05, 0) is 30.4 Å². The maximum Gasteiger partial charge on any atom is 0.111 e. The Morgan fingerprint density at radius 3 is 2.27 bits per heavy atom. The van der Waals surface area contributed by atoms with E-state index in [1.54, 1.807) is 0 Å². The number of hydrogen-bond acceptors (Lipinski definition) is 1. The lowest BCUT2D eigenvalue weighted by atomic mass is 9.88. The molecule has 1 nitrogen and oxygen atoms in total. The Labute approximate surface area is 94.1 Å². The molecule has 0 bridgehead atoms. The molecule has 0 fully saturated rings. The first-order chi connectivity index (χ1) is 7.06. The van der Waals surface area contributed by atoms with Gasteiger partial charge in [0.2, 0.25) is 0 Å². The summed E-state index contributed by atoms with van der Waals surface area (Å²) in [6.07, 6.45) is 3.27. The van der Waals surface area contributed by atoms with Crippen molar-refractivity contribution in [2.45, 2.75) is 34.1 Å². The molecule has 2 unspecified atom stereocenters. The van der Waals surface area contributed by atoms with Gasteiger partial charge in [0.25, 0.3) is 0 Å². The Hall–Kier alpha value is -0.370. The highest BCUT2D eigenvalue weighted by Crippen LogP contribution is 2.21. The average Bonchev–Trinajstić information content (AvgIpc) is 2.22. The van der Waals surface area contributed by atoms with Crippen LogP contribution in [0.2, 0.25) is 0 Å². The van der Waals surface area contributed by atoms with E-state index in [1.807, 2.05) is 7.05 Å². The normalized spacial score (nSPS) is 16.9. The van der Waals surface area contributed by atoms with E-state index in [4.69, 9.17) is 0 Å². The van der Waals surface area contributed by atoms with E-state index in [0.29, 0.717) is 17.8 Å². The van der Waals surface area contributed by atoms with Gasteiger partial charge in [-0.15, -0.1) is 0 Å². The zero-order valence-corrected chi connectivity index (χ0v) is 10.8. The lowest BCUT2D eigenvalue weighted by Crippen LogP contribution is -2.23. The van der Waals surface area contributed by atoms with Crippen LogP contribution in [-0.4, -0.2) is 20.3 Å². The standard InChI is InChI=1S/C13H26FN/c1-6-11(4)13(9-15-5)7-12(8-14)10(2)3/h7,10-11,13,15H,6,8-9H2,1-5H3/b12-7+. The molecule has 0 saturated carbocycles. The van der Waals surface area contributed by atoms with E-state index in [9.17, 15) is 4.39 Å². The van der Waals surface area contributed by atoms with Crippen LogP contribution in [0.4, 0.5) is 4.39 Å². The van der Waals surface area contributed by atoms with Crippen LogP contribution >= 0.6 is 0 Å². The van der Waals surface area contributed by atoms with Crippen LogP contribution in [0.1, 0.15) is 34.1 Å². The smallest absolute Gasteiger partial charge is 0.111 e. The highest BCUT2D eigenvalue weighted by molar-refractivity contribution is 5.08. The Balaban J connectivity index is 4.60. The first-order valence-corrected chi connectivity index (χ1v) is 5.97. The summed E-state index contributed by atoms with van der Waals surface area (Å²) in [5.41, 5.74) is 0.940. The van der Waals surface area contributed by atoms with E-state index < -0.39 is 0 Å². The number of alkyl halides is 1. The molecule has 0 rings (SSSR count). The average molecular weight is 215 g/mol. The van der Waals surface area contributed by atoms with Crippen LogP contribution in [0.5, 0.6) is 0 Å². The molecule has 2 heteroatoms. The summed E-state index contributed by atoms with van der Waals surface area (Å²) in [6, 6.07) is 0. The fourth-order valence-corrected chi connectivity index (χ4v) is 1.63. The molecule has 0 aliphatic heterocycles. The van der Waals surface area contributed by atoms with E-state index in [1.165, 1.54) is 0 Å². The van der Waals surface area contributed by atoms with Gasteiger partial charge in [0.1, 0.15) is 6.67 Å². The van der Waals surface area contributed by atoms with Gasteiger partial charge in [0.15, 0.2) is 0 Å². The minimum atomic E-state index is -0.311. The summed E-state index contributed by atoms with van der Waals surface area (Å²) >= 11 is 0. The van der Waals surface area contributed by atoms with Gasteiger partial charge in [-0.3, -0.25) is 0 Å². The van der Waals surface area contributed by atoms with E-state index in [2.05, 4.69) is 39.1 Å². The Morgan fingerprint density at radius 1 is 1.33 bits per heavy atom. The second-order valence-corrected chi connectivity index (χ2v) is 4.64.